The fourth-order valence-electron chi connectivity index (χ4n) is 1.09. The van der Waals surface area contributed by atoms with E-state index in [1.807, 2.05) is 6.92 Å². The van der Waals surface area contributed by atoms with Crippen molar-refractivity contribution in [3.05, 3.63) is 0 Å². The molecule has 24 heavy (non-hydrogen) atoms. The van der Waals surface area contributed by atoms with Crippen LogP contribution in [0.4, 0.5) is 0 Å². The smallest absolute Gasteiger partial charge is 0.306 e. The standard InChI is InChI=1S/C9H17NO3.C5H9NO3.2ClH/c1-2-3-6-13-9(12)5-4-8(11)7-10;6-3-4(7)1-2-5(8)9;;/h2-7,10H2,1H3;1-3,6H2,(H,8,9);2*1H. The third-order valence-corrected chi connectivity index (χ3v) is 2.44. The molecule has 0 unspecified atom stereocenters. The molecule has 0 saturated carbocycles. The van der Waals surface area contributed by atoms with Gasteiger partial charge < -0.3 is 21.3 Å². The summed E-state index contributed by atoms with van der Waals surface area (Å²) in [6.45, 7) is 2.41. The summed E-state index contributed by atoms with van der Waals surface area (Å²) >= 11 is 0. The fraction of sp³-hybridized carbons (Fsp3) is 0.714. The number of carbonyl (C=O) groups is 4. The number of halogens is 2. The van der Waals surface area contributed by atoms with E-state index in [9.17, 15) is 19.2 Å². The van der Waals surface area contributed by atoms with Crippen molar-refractivity contribution in [2.24, 2.45) is 11.5 Å². The Morgan fingerprint density at radius 2 is 1.33 bits per heavy atom. The van der Waals surface area contributed by atoms with Crippen molar-refractivity contribution in [2.75, 3.05) is 19.7 Å². The van der Waals surface area contributed by atoms with E-state index < -0.39 is 5.97 Å². The maximum atomic E-state index is 10.9. The first kappa shape index (κ1) is 30.6. The summed E-state index contributed by atoms with van der Waals surface area (Å²) in [7, 11) is 0. The topological polar surface area (TPSA) is 150 Å². The van der Waals surface area contributed by atoms with Crippen molar-refractivity contribution in [3.63, 3.8) is 0 Å². The average molecular weight is 391 g/mol. The van der Waals surface area contributed by atoms with Crippen LogP contribution in [-0.4, -0.2) is 48.3 Å². The predicted octanol–water partition coefficient (Wildman–Crippen LogP) is 0.860. The van der Waals surface area contributed by atoms with E-state index in [1.54, 1.807) is 0 Å². The summed E-state index contributed by atoms with van der Waals surface area (Å²) in [5.41, 5.74) is 9.99. The zero-order valence-corrected chi connectivity index (χ0v) is 15.5. The van der Waals surface area contributed by atoms with Crippen LogP contribution < -0.4 is 11.5 Å². The molecular weight excluding hydrogens is 363 g/mol. The van der Waals surface area contributed by atoms with Gasteiger partial charge >= 0.3 is 11.9 Å². The van der Waals surface area contributed by atoms with Crippen LogP contribution in [0.3, 0.4) is 0 Å². The summed E-state index contributed by atoms with van der Waals surface area (Å²) in [6.07, 6.45) is 2.15. The third-order valence-electron chi connectivity index (χ3n) is 2.44. The van der Waals surface area contributed by atoms with Gasteiger partial charge in [-0.3, -0.25) is 19.2 Å². The number of esters is 1. The number of carbonyl (C=O) groups excluding carboxylic acids is 3. The Morgan fingerprint density at radius 3 is 1.71 bits per heavy atom. The first-order valence-corrected chi connectivity index (χ1v) is 7.18. The summed E-state index contributed by atoms with van der Waals surface area (Å²) < 4.78 is 4.85. The molecule has 0 bridgehead atoms. The first-order valence-electron chi connectivity index (χ1n) is 7.18. The summed E-state index contributed by atoms with van der Waals surface area (Å²) in [4.78, 5) is 41.8. The van der Waals surface area contributed by atoms with E-state index in [-0.39, 0.29) is 81.1 Å². The Labute approximate surface area is 154 Å². The Bertz CT molecular complexity index is 367. The molecule has 0 aromatic rings. The number of Topliss-reactive ketones (excluding diaryl/α,β-unsaturated/α-hetero) is 2. The number of hydrogen-bond acceptors (Lipinski definition) is 7. The molecular formula is C14H28Cl2N2O6. The van der Waals surface area contributed by atoms with Gasteiger partial charge in [0.15, 0.2) is 0 Å². The van der Waals surface area contributed by atoms with Crippen LogP contribution in [0.1, 0.15) is 45.4 Å². The zero-order chi connectivity index (χ0) is 17.4. The molecule has 0 heterocycles. The van der Waals surface area contributed by atoms with Gasteiger partial charge in [0.05, 0.1) is 32.5 Å². The number of ether oxygens (including phenoxy) is 1. The van der Waals surface area contributed by atoms with Crippen molar-refractivity contribution < 1.29 is 29.0 Å². The van der Waals surface area contributed by atoms with E-state index >= 15 is 0 Å². The number of unbranched alkanes of at least 4 members (excludes halogenated alkanes) is 1. The lowest BCUT2D eigenvalue weighted by molar-refractivity contribution is -0.144. The highest BCUT2D eigenvalue weighted by molar-refractivity contribution is 5.86. The number of ketones is 2. The van der Waals surface area contributed by atoms with Crippen LogP contribution in [0.25, 0.3) is 0 Å². The molecule has 5 N–H and O–H groups in total. The number of hydrogen-bond donors (Lipinski definition) is 3. The highest BCUT2D eigenvalue weighted by Crippen LogP contribution is 1.95. The second-order valence-electron chi connectivity index (χ2n) is 4.45. The lowest BCUT2D eigenvalue weighted by atomic mass is 10.2. The maximum Gasteiger partial charge on any atom is 0.306 e. The molecule has 0 aliphatic carbocycles. The summed E-state index contributed by atoms with van der Waals surface area (Å²) in [5.74, 6) is -1.59. The summed E-state index contributed by atoms with van der Waals surface area (Å²) in [6, 6.07) is 0. The van der Waals surface area contributed by atoms with Crippen molar-refractivity contribution in [1.29, 1.82) is 0 Å². The Kier molecular flexibility index (Phi) is 27.8. The van der Waals surface area contributed by atoms with Gasteiger partial charge in [0.25, 0.3) is 0 Å². The van der Waals surface area contributed by atoms with Crippen LogP contribution in [-0.2, 0) is 23.9 Å². The fourth-order valence-corrected chi connectivity index (χ4v) is 1.09. The van der Waals surface area contributed by atoms with Crippen molar-refractivity contribution in [2.45, 2.75) is 45.4 Å². The van der Waals surface area contributed by atoms with Gasteiger partial charge in [-0.05, 0) is 6.42 Å². The molecule has 10 heteroatoms. The van der Waals surface area contributed by atoms with Crippen LogP contribution in [0.15, 0.2) is 0 Å². The van der Waals surface area contributed by atoms with E-state index in [1.165, 1.54) is 0 Å². The zero-order valence-electron chi connectivity index (χ0n) is 13.8. The molecule has 144 valence electrons. The number of rotatable bonds is 11. The molecule has 0 saturated heterocycles. The van der Waals surface area contributed by atoms with Crippen molar-refractivity contribution >= 4 is 48.3 Å². The molecule has 0 fully saturated rings. The molecule has 0 spiro atoms. The number of carboxylic acid groups (broad SMARTS) is 1. The molecule has 0 rings (SSSR count). The highest BCUT2D eigenvalue weighted by atomic mass is 35.5. The molecule has 0 aliphatic rings. The second-order valence-corrected chi connectivity index (χ2v) is 4.45. The van der Waals surface area contributed by atoms with Crippen molar-refractivity contribution in [3.8, 4) is 0 Å². The molecule has 0 aliphatic heterocycles. The predicted molar refractivity (Wildman–Crippen MR) is 94.6 cm³/mol. The Morgan fingerprint density at radius 1 is 0.875 bits per heavy atom. The third kappa shape index (κ3) is 25.7. The van der Waals surface area contributed by atoms with Gasteiger partial charge in [0.1, 0.15) is 11.6 Å². The summed E-state index contributed by atoms with van der Waals surface area (Å²) in [5, 5.41) is 8.06. The SMILES string of the molecule is CCCCOC(=O)CCC(=O)CN.Cl.Cl.NCC(=O)CCC(=O)O. The van der Waals surface area contributed by atoms with Crippen LogP contribution >= 0.6 is 24.8 Å². The average Bonchev–Trinajstić information content (AvgIpc) is 2.50. The van der Waals surface area contributed by atoms with Gasteiger partial charge in [-0.1, -0.05) is 13.3 Å². The van der Waals surface area contributed by atoms with Gasteiger partial charge in [-0.15, -0.1) is 24.8 Å². The maximum absolute atomic E-state index is 10.9. The number of carboxylic acids is 1. The van der Waals surface area contributed by atoms with E-state index in [0.717, 1.165) is 12.8 Å². The minimum atomic E-state index is -0.961. The van der Waals surface area contributed by atoms with Crippen LogP contribution in [0, 0.1) is 0 Å². The van der Waals surface area contributed by atoms with Crippen LogP contribution in [0.5, 0.6) is 0 Å². The molecule has 8 nitrogen and oxygen atoms in total. The van der Waals surface area contributed by atoms with Gasteiger partial charge in [-0.25, -0.2) is 0 Å². The molecule has 0 aromatic heterocycles. The van der Waals surface area contributed by atoms with E-state index in [0.29, 0.717) is 6.61 Å². The number of nitrogens with two attached hydrogens (primary N) is 2. The minimum absolute atomic E-state index is 0. The quantitative estimate of drug-likeness (QED) is 0.347. The molecule has 0 amide bonds. The first-order chi connectivity index (χ1) is 10.4. The normalized spacial score (nSPS) is 8.62. The van der Waals surface area contributed by atoms with Crippen molar-refractivity contribution in [1.82, 2.24) is 0 Å². The monoisotopic (exact) mass is 390 g/mol. The molecule has 0 atom stereocenters. The van der Waals surface area contributed by atoms with E-state index in [4.69, 9.17) is 21.3 Å². The largest absolute Gasteiger partial charge is 0.481 e. The lowest BCUT2D eigenvalue weighted by Crippen LogP contribution is -2.15. The number of aliphatic carboxylic acids is 1. The van der Waals surface area contributed by atoms with Crippen LogP contribution in [0.2, 0.25) is 0 Å². The minimum Gasteiger partial charge on any atom is -0.481 e. The molecule has 0 aromatic carbocycles. The van der Waals surface area contributed by atoms with E-state index in [2.05, 4.69) is 0 Å². The highest BCUT2D eigenvalue weighted by Gasteiger charge is 2.05. The van der Waals surface area contributed by atoms with Gasteiger partial charge in [-0.2, -0.15) is 0 Å². The second kappa shape index (κ2) is 21.8. The lowest BCUT2D eigenvalue weighted by Gasteiger charge is -2.02. The van der Waals surface area contributed by atoms with Gasteiger partial charge in [0.2, 0.25) is 0 Å². The van der Waals surface area contributed by atoms with Gasteiger partial charge in [0, 0.05) is 12.8 Å². The Balaban J connectivity index is -0.000000162. The molecule has 0 radical (unpaired) electrons. The Hall–Kier alpha value is -1.22.